The van der Waals surface area contributed by atoms with E-state index in [1.165, 1.54) is 58.6 Å². The number of hydrogen-bond acceptors (Lipinski definition) is 8. The molecule has 0 spiro atoms. The van der Waals surface area contributed by atoms with Crippen LogP contribution >= 0.6 is 23.1 Å². The van der Waals surface area contributed by atoms with Crippen LogP contribution in [0, 0.1) is 5.92 Å². The molecule has 0 radical (unpaired) electrons. The molecular formula is C19H22N4O4S3. The van der Waals surface area contributed by atoms with Crippen LogP contribution in [0.2, 0.25) is 0 Å². The Morgan fingerprint density at radius 1 is 1.27 bits per heavy atom. The van der Waals surface area contributed by atoms with Gasteiger partial charge in [-0.25, -0.2) is 8.42 Å². The maximum atomic E-state index is 12.8. The van der Waals surface area contributed by atoms with Crippen LogP contribution in [0.1, 0.15) is 30.1 Å². The van der Waals surface area contributed by atoms with E-state index in [2.05, 4.69) is 22.1 Å². The molecule has 11 heteroatoms. The Morgan fingerprint density at radius 3 is 2.53 bits per heavy atom. The number of rotatable bonds is 8. The highest BCUT2D eigenvalue weighted by atomic mass is 32.2. The van der Waals surface area contributed by atoms with Gasteiger partial charge in [0.25, 0.3) is 0 Å². The van der Waals surface area contributed by atoms with Crippen LogP contribution in [-0.4, -0.2) is 53.5 Å². The lowest BCUT2D eigenvalue weighted by Crippen LogP contribution is -2.41. The predicted octanol–water partition coefficient (Wildman–Crippen LogP) is 3.06. The number of ketones is 1. The molecule has 1 amide bonds. The average molecular weight is 467 g/mol. The Hall–Kier alpha value is -2.08. The number of sulfonamides is 1. The molecule has 2 heterocycles. The van der Waals surface area contributed by atoms with E-state index in [0.29, 0.717) is 29.3 Å². The summed E-state index contributed by atoms with van der Waals surface area (Å²) in [6, 6.07) is 5.92. The molecule has 0 saturated carbocycles. The molecule has 8 nitrogen and oxygen atoms in total. The van der Waals surface area contributed by atoms with E-state index >= 15 is 0 Å². The molecule has 0 atom stereocenters. The van der Waals surface area contributed by atoms with Gasteiger partial charge in [0.1, 0.15) is 0 Å². The van der Waals surface area contributed by atoms with Crippen molar-refractivity contribution < 1.29 is 18.0 Å². The highest BCUT2D eigenvalue weighted by Gasteiger charge is 2.32. The van der Waals surface area contributed by atoms with E-state index in [1.54, 1.807) is 6.08 Å². The molecule has 30 heavy (non-hydrogen) atoms. The number of anilines is 1. The first kappa shape index (κ1) is 22.6. The molecule has 0 unspecified atom stereocenters. The van der Waals surface area contributed by atoms with E-state index < -0.39 is 10.0 Å². The van der Waals surface area contributed by atoms with Gasteiger partial charge < -0.3 is 5.32 Å². The summed E-state index contributed by atoms with van der Waals surface area (Å²) in [5.74, 6) is 0.138. The fourth-order valence-corrected chi connectivity index (χ4v) is 6.01. The van der Waals surface area contributed by atoms with Gasteiger partial charge in [0, 0.05) is 30.3 Å². The molecule has 3 rings (SSSR count). The van der Waals surface area contributed by atoms with E-state index in [4.69, 9.17) is 0 Å². The van der Waals surface area contributed by atoms with Crippen LogP contribution in [-0.2, 0) is 14.8 Å². The van der Waals surface area contributed by atoms with Gasteiger partial charge in [-0.15, -0.1) is 16.8 Å². The van der Waals surface area contributed by atoms with Gasteiger partial charge in [-0.05, 0) is 31.9 Å². The second-order valence-corrected chi connectivity index (χ2v) is 10.9. The van der Waals surface area contributed by atoms with Crippen molar-refractivity contribution in [1.29, 1.82) is 0 Å². The molecule has 1 aromatic carbocycles. The van der Waals surface area contributed by atoms with Crippen LogP contribution in [0.3, 0.4) is 0 Å². The summed E-state index contributed by atoms with van der Waals surface area (Å²) in [6.45, 7) is 5.59. The van der Waals surface area contributed by atoms with E-state index in [0.717, 1.165) is 4.34 Å². The Morgan fingerprint density at radius 2 is 1.93 bits per heavy atom. The number of carbonyl (C=O) groups is 2. The Bertz CT molecular complexity index is 1030. The van der Waals surface area contributed by atoms with Gasteiger partial charge >= 0.3 is 0 Å². The van der Waals surface area contributed by atoms with Crippen molar-refractivity contribution >= 4 is 49.9 Å². The van der Waals surface area contributed by atoms with Gasteiger partial charge in [0.15, 0.2) is 10.1 Å². The number of nitrogens with one attached hydrogen (secondary N) is 1. The van der Waals surface area contributed by atoms with Gasteiger partial charge in [-0.1, -0.05) is 41.3 Å². The predicted molar refractivity (Wildman–Crippen MR) is 117 cm³/mol. The highest BCUT2D eigenvalue weighted by Crippen LogP contribution is 2.28. The first-order valence-corrected chi connectivity index (χ1v) is 12.5. The quantitative estimate of drug-likeness (QED) is 0.276. The summed E-state index contributed by atoms with van der Waals surface area (Å²) in [4.78, 5) is 24.0. The fourth-order valence-electron chi connectivity index (χ4n) is 3.03. The van der Waals surface area contributed by atoms with Crippen molar-refractivity contribution in [2.75, 3.05) is 24.2 Å². The standard InChI is InChI=1S/C19H22N4O4S3/c1-3-12-28-19-22-21-18(29-19)20-17(25)15-8-10-23(11-9-15)30(26,27)16-6-4-14(5-7-16)13(2)24/h3-7,15H,1,8-12H2,2H3,(H,20,21,25). The number of carbonyl (C=O) groups excluding carboxylic acids is 2. The van der Waals surface area contributed by atoms with Crippen LogP contribution in [0.5, 0.6) is 0 Å². The number of amides is 1. The largest absolute Gasteiger partial charge is 0.300 e. The van der Waals surface area contributed by atoms with Crippen LogP contribution in [0.4, 0.5) is 5.13 Å². The maximum absolute atomic E-state index is 12.8. The third-order valence-corrected chi connectivity index (χ3v) is 8.57. The first-order chi connectivity index (χ1) is 14.3. The van der Waals surface area contributed by atoms with Crippen molar-refractivity contribution in [3.05, 3.63) is 42.5 Å². The molecule has 1 aliphatic heterocycles. The smallest absolute Gasteiger partial charge is 0.243 e. The lowest BCUT2D eigenvalue weighted by molar-refractivity contribution is -0.120. The number of nitrogens with zero attached hydrogens (tertiary/aromatic N) is 3. The van der Waals surface area contributed by atoms with E-state index in [1.807, 2.05) is 0 Å². The summed E-state index contributed by atoms with van der Waals surface area (Å²) < 4.78 is 27.8. The minimum atomic E-state index is -3.66. The average Bonchev–Trinajstić information content (AvgIpc) is 3.19. The Kier molecular flexibility index (Phi) is 7.40. The third-order valence-electron chi connectivity index (χ3n) is 4.68. The van der Waals surface area contributed by atoms with Gasteiger partial charge in [0.2, 0.25) is 21.1 Å². The molecule has 1 saturated heterocycles. The zero-order valence-corrected chi connectivity index (χ0v) is 18.9. The van der Waals surface area contributed by atoms with Crippen LogP contribution in [0.15, 0.2) is 46.2 Å². The normalized spacial score (nSPS) is 15.6. The van der Waals surface area contributed by atoms with Crippen molar-refractivity contribution in [2.24, 2.45) is 5.92 Å². The van der Waals surface area contributed by atoms with Crippen molar-refractivity contribution in [3.63, 3.8) is 0 Å². The van der Waals surface area contributed by atoms with E-state index in [9.17, 15) is 18.0 Å². The molecular weight excluding hydrogens is 444 g/mol. The molecule has 1 aromatic heterocycles. The molecule has 2 aromatic rings. The Balaban J connectivity index is 1.56. The molecule has 160 valence electrons. The summed E-state index contributed by atoms with van der Waals surface area (Å²) in [7, 11) is -3.66. The molecule has 1 N–H and O–H groups in total. The number of aromatic nitrogens is 2. The monoisotopic (exact) mass is 466 g/mol. The summed E-state index contributed by atoms with van der Waals surface area (Å²) in [6.07, 6.45) is 2.62. The molecule has 1 fully saturated rings. The summed E-state index contributed by atoms with van der Waals surface area (Å²) >= 11 is 2.79. The van der Waals surface area contributed by atoms with Gasteiger partial charge in [0.05, 0.1) is 4.90 Å². The second kappa shape index (κ2) is 9.82. The molecule has 1 aliphatic rings. The topological polar surface area (TPSA) is 109 Å². The van der Waals surface area contributed by atoms with E-state index in [-0.39, 0.29) is 35.6 Å². The van der Waals surface area contributed by atoms with Gasteiger partial charge in [-0.2, -0.15) is 4.31 Å². The summed E-state index contributed by atoms with van der Waals surface area (Å²) in [5, 5.41) is 11.2. The minimum Gasteiger partial charge on any atom is -0.300 e. The zero-order chi connectivity index (χ0) is 21.7. The zero-order valence-electron chi connectivity index (χ0n) is 16.4. The number of benzene rings is 1. The van der Waals surface area contributed by atoms with Gasteiger partial charge in [-0.3, -0.25) is 9.59 Å². The number of piperidine rings is 1. The number of thioether (sulfide) groups is 1. The van der Waals surface area contributed by atoms with Crippen molar-refractivity contribution in [1.82, 2.24) is 14.5 Å². The highest BCUT2D eigenvalue weighted by molar-refractivity contribution is 8.01. The lowest BCUT2D eigenvalue weighted by Gasteiger charge is -2.30. The van der Waals surface area contributed by atoms with Crippen LogP contribution in [0.25, 0.3) is 0 Å². The minimum absolute atomic E-state index is 0.118. The van der Waals surface area contributed by atoms with Crippen LogP contribution < -0.4 is 5.32 Å². The Labute approximate surface area is 183 Å². The number of hydrogen-bond donors (Lipinski definition) is 1. The molecule has 0 aliphatic carbocycles. The second-order valence-electron chi connectivity index (χ2n) is 6.72. The number of Topliss-reactive ketones (excluding diaryl/α,β-unsaturated/α-hetero) is 1. The van der Waals surface area contributed by atoms with Crippen molar-refractivity contribution in [2.45, 2.75) is 29.0 Å². The first-order valence-electron chi connectivity index (χ1n) is 9.30. The molecule has 0 bridgehead atoms. The lowest BCUT2D eigenvalue weighted by atomic mass is 9.97. The fraction of sp³-hybridized carbons (Fsp3) is 0.368. The van der Waals surface area contributed by atoms with Crippen molar-refractivity contribution in [3.8, 4) is 0 Å². The third kappa shape index (κ3) is 5.34. The summed E-state index contributed by atoms with van der Waals surface area (Å²) in [5.41, 5.74) is 0.465. The maximum Gasteiger partial charge on any atom is 0.243 e. The SMILES string of the molecule is C=CCSc1nnc(NC(=O)C2CCN(S(=O)(=O)c3ccc(C(C)=O)cc3)CC2)s1.